The zero-order valence-electron chi connectivity index (χ0n) is 12.2. The van der Waals surface area contributed by atoms with Crippen molar-refractivity contribution < 1.29 is 17.0 Å². The molecule has 2 aromatic carbocycles. The van der Waals surface area contributed by atoms with Crippen LogP contribution in [0, 0.1) is 26.6 Å². The Bertz CT molecular complexity index is 767. The van der Waals surface area contributed by atoms with Gasteiger partial charge in [0.1, 0.15) is 17.3 Å². The standard InChI is InChI=1S/C16H17FO3S/c1-11-8-9-12(2)16(13(11)3)20-21(18,19)10-14-6-4-5-7-15(14)17/h4-9H,10H2,1-3H3. The highest BCUT2D eigenvalue weighted by molar-refractivity contribution is 7.86. The number of rotatable bonds is 4. The number of halogens is 1. The van der Waals surface area contributed by atoms with Crippen LogP contribution in [0.3, 0.4) is 0 Å². The van der Waals surface area contributed by atoms with Gasteiger partial charge >= 0.3 is 10.1 Å². The SMILES string of the molecule is Cc1ccc(C)c(OS(=O)(=O)Cc2ccccc2F)c1C. The van der Waals surface area contributed by atoms with Gasteiger partial charge in [0, 0.05) is 5.56 Å². The molecule has 0 aliphatic rings. The van der Waals surface area contributed by atoms with E-state index in [2.05, 4.69) is 0 Å². The first-order valence-electron chi connectivity index (χ1n) is 6.52. The maximum absolute atomic E-state index is 13.6. The molecule has 0 N–H and O–H groups in total. The van der Waals surface area contributed by atoms with Crippen molar-refractivity contribution in [3.8, 4) is 5.75 Å². The molecule has 0 heterocycles. The highest BCUT2D eigenvalue weighted by Gasteiger charge is 2.19. The van der Waals surface area contributed by atoms with Crippen LogP contribution in [-0.4, -0.2) is 8.42 Å². The first kappa shape index (κ1) is 15.5. The maximum atomic E-state index is 13.6. The molecule has 0 fully saturated rings. The quantitative estimate of drug-likeness (QED) is 0.810. The number of aryl methyl sites for hydroxylation is 2. The van der Waals surface area contributed by atoms with E-state index >= 15 is 0 Å². The largest absolute Gasteiger partial charge is 0.382 e. The molecule has 0 saturated heterocycles. The van der Waals surface area contributed by atoms with Gasteiger partial charge in [0.05, 0.1) is 0 Å². The Labute approximate surface area is 124 Å². The molecule has 0 bridgehead atoms. The Kier molecular flexibility index (Phi) is 4.32. The molecule has 0 radical (unpaired) electrons. The van der Waals surface area contributed by atoms with E-state index in [0.717, 1.165) is 16.7 Å². The van der Waals surface area contributed by atoms with Gasteiger partial charge in [0.2, 0.25) is 0 Å². The fourth-order valence-corrected chi connectivity index (χ4v) is 3.20. The highest BCUT2D eigenvalue weighted by atomic mass is 32.2. The summed E-state index contributed by atoms with van der Waals surface area (Å²) in [4.78, 5) is 0. The summed E-state index contributed by atoms with van der Waals surface area (Å²) in [6, 6.07) is 9.48. The van der Waals surface area contributed by atoms with Crippen LogP contribution in [-0.2, 0) is 15.9 Å². The van der Waals surface area contributed by atoms with Crippen molar-refractivity contribution in [2.24, 2.45) is 0 Å². The molecule has 2 aromatic rings. The fraction of sp³-hybridized carbons (Fsp3) is 0.250. The van der Waals surface area contributed by atoms with Crippen molar-refractivity contribution in [2.45, 2.75) is 26.5 Å². The molecule has 0 spiro atoms. The third-order valence-corrected chi connectivity index (χ3v) is 4.46. The molecule has 112 valence electrons. The van der Waals surface area contributed by atoms with E-state index in [1.165, 1.54) is 18.2 Å². The van der Waals surface area contributed by atoms with Gasteiger partial charge in [-0.25, -0.2) is 4.39 Å². The van der Waals surface area contributed by atoms with Crippen molar-refractivity contribution in [1.29, 1.82) is 0 Å². The summed E-state index contributed by atoms with van der Waals surface area (Å²) in [5.74, 6) is -0.722. The molecule has 21 heavy (non-hydrogen) atoms. The topological polar surface area (TPSA) is 43.4 Å². The predicted molar refractivity (Wildman–Crippen MR) is 80.3 cm³/mol. The monoisotopic (exact) mass is 308 g/mol. The Morgan fingerprint density at radius 3 is 2.29 bits per heavy atom. The molecular formula is C16H17FO3S. The second-order valence-electron chi connectivity index (χ2n) is 5.03. The van der Waals surface area contributed by atoms with Crippen molar-refractivity contribution in [3.05, 3.63) is 64.5 Å². The van der Waals surface area contributed by atoms with Gasteiger partial charge in [-0.1, -0.05) is 30.3 Å². The van der Waals surface area contributed by atoms with E-state index in [-0.39, 0.29) is 5.56 Å². The van der Waals surface area contributed by atoms with Gasteiger partial charge in [-0.05, 0) is 43.5 Å². The van der Waals surface area contributed by atoms with Crippen molar-refractivity contribution >= 4 is 10.1 Å². The van der Waals surface area contributed by atoms with Crippen molar-refractivity contribution in [1.82, 2.24) is 0 Å². The van der Waals surface area contributed by atoms with E-state index in [1.807, 2.05) is 13.0 Å². The second kappa shape index (κ2) is 5.85. The first-order chi connectivity index (χ1) is 9.80. The van der Waals surface area contributed by atoms with E-state index in [1.54, 1.807) is 26.0 Å². The minimum atomic E-state index is -3.91. The molecule has 0 aliphatic heterocycles. The maximum Gasteiger partial charge on any atom is 0.313 e. The van der Waals surface area contributed by atoms with Gasteiger partial charge in [0.25, 0.3) is 0 Å². The van der Waals surface area contributed by atoms with E-state index in [0.29, 0.717) is 5.75 Å². The lowest BCUT2D eigenvalue weighted by Gasteiger charge is -2.14. The van der Waals surface area contributed by atoms with Crippen LogP contribution >= 0.6 is 0 Å². The van der Waals surface area contributed by atoms with Crippen LogP contribution in [0.5, 0.6) is 5.75 Å². The van der Waals surface area contributed by atoms with Crippen LogP contribution in [0.2, 0.25) is 0 Å². The normalized spacial score (nSPS) is 11.4. The van der Waals surface area contributed by atoms with Gasteiger partial charge < -0.3 is 4.18 Å². The predicted octanol–water partition coefficient (Wildman–Crippen LogP) is 3.66. The Balaban J connectivity index is 2.31. The smallest absolute Gasteiger partial charge is 0.313 e. The lowest BCUT2D eigenvalue weighted by Crippen LogP contribution is -2.14. The molecule has 0 aromatic heterocycles. The summed E-state index contributed by atoms with van der Waals surface area (Å²) in [7, 11) is -3.91. The first-order valence-corrected chi connectivity index (χ1v) is 8.10. The molecule has 0 unspecified atom stereocenters. The second-order valence-corrected chi connectivity index (χ2v) is 6.60. The molecule has 0 saturated carbocycles. The molecule has 2 rings (SSSR count). The van der Waals surface area contributed by atoms with E-state index in [9.17, 15) is 12.8 Å². The number of hydrogen-bond acceptors (Lipinski definition) is 3. The number of benzene rings is 2. The van der Waals surface area contributed by atoms with Gasteiger partial charge in [-0.15, -0.1) is 0 Å². The van der Waals surface area contributed by atoms with E-state index in [4.69, 9.17) is 4.18 Å². The minimum Gasteiger partial charge on any atom is -0.382 e. The molecule has 5 heteroatoms. The van der Waals surface area contributed by atoms with Crippen molar-refractivity contribution in [2.75, 3.05) is 0 Å². The van der Waals surface area contributed by atoms with Crippen LogP contribution < -0.4 is 4.18 Å². The number of hydrogen-bond donors (Lipinski definition) is 0. The summed E-state index contributed by atoms with van der Waals surface area (Å²) < 4.78 is 43.1. The lowest BCUT2D eigenvalue weighted by atomic mass is 10.1. The summed E-state index contributed by atoms with van der Waals surface area (Å²) in [5, 5.41) is 0. The Morgan fingerprint density at radius 1 is 1.00 bits per heavy atom. The fourth-order valence-electron chi connectivity index (χ4n) is 2.02. The van der Waals surface area contributed by atoms with Crippen LogP contribution in [0.4, 0.5) is 4.39 Å². The average molecular weight is 308 g/mol. The summed E-state index contributed by atoms with van der Waals surface area (Å²) in [6.45, 7) is 5.46. The van der Waals surface area contributed by atoms with Gasteiger partial charge in [0.15, 0.2) is 0 Å². The molecule has 0 aliphatic carbocycles. The highest BCUT2D eigenvalue weighted by Crippen LogP contribution is 2.28. The van der Waals surface area contributed by atoms with Gasteiger partial charge in [-0.3, -0.25) is 0 Å². The zero-order valence-corrected chi connectivity index (χ0v) is 13.0. The third kappa shape index (κ3) is 3.61. The molecule has 0 amide bonds. The molecule has 0 atom stereocenters. The summed E-state index contributed by atoms with van der Waals surface area (Å²) >= 11 is 0. The van der Waals surface area contributed by atoms with Gasteiger partial charge in [-0.2, -0.15) is 8.42 Å². The van der Waals surface area contributed by atoms with Crippen LogP contribution in [0.1, 0.15) is 22.3 Å². The zero-order chi connectivity index (χ0) is 15.6. The third-order valence-electron chi connectivity index (χ3n) is 3.37. The Morgan fingerprint density at radius 2 is 1.62 bits per heavy atom. The summed E-state index contributed by atoms with van der Waals surface area (Å²) in [5.41, 5.74) is 2.54. The lowest BCUT2D eigenvalue weighted by molar-refractivity contribution is 0.479. The molecule has 3 nitrogen and oxygen atoms in total. The average Bonchev–Trinajstić information content (AvgIpc) is 2.42. The molecular weight excluding hydrogens is 291 g/mol. The minimum absolute atomic E-state index is 0.0976. The van der Waals surface area contributed by atoms with Crippen molar-refractivity contribution in [3.63, 3.8) is 0 Å². The summed E-state index contributed by atoms with van der Waals surface area (Å²) in [6.07, 6.45) is 0. The Hall–Kier alpha value is -1.88. The van der Waals surface area contributed by atoms with E-state index < -0.39 is 21.7 Å². The van der Waals surface area contributed by atoms with Crippen LogP contribution in [0.15, 0.2) is 36.4 Å². The van der Waals surface area contributed by atoms with Crippen LogP contribution in [0.25, 0.3) is 0 Å².